The van der Waals surface area contributed by atoms with Crippen LogP contribution in [-0.4, -0.2) is 0 Å². The molecule has 0 aliphatic carbocycles. The molecular formula is C11H12IN. The molecule has 0 radical (unpaired) electrons. The van der Waals surface area contributed by atoms with Crippen LogP contribution < -0.4 is 5.73 Å². The van der Waals surface area contributed by atoms with E-state index < -0.39 is 0 Å². The third-order valence-electron chi connectivity index (χ3n) is 1.80. The third kappa shape index (κ3) is 3.02. The molecule has 2 N–H and O–H groups in total. The molecule has 0 bridgehead atoms. The first-order valence-electron chi connectivity index (χ1n) is 4.15. The van der Waals surface area contributed by atoms with E-state index in [9.17, 15) is 0 Å². The van der Waals surface area contributed by atoms with E-state index in [-0.39, 0.29) is 6.04 Å². The maximum absolute atomic E-state index is 5.97. The highest BCUT2D eigenvalue weighted by Crippen LogP contribution is 2.19. The summed E-state index contributed by atoms with van der Waals surface area (Å²) in [4.78, 5) is 0. The summed E-state index contributed by atoms with van der Waals surface area (Å²) in [5.41, 5.74) is 7.16. The molecule has 1 aromatic rings. The van der Waals surface area contributed by atoms with Crippen molar-refractivity contribution in [3.8, 4) is 11.8 Å². The van der Waals surface area contributed by atoms with Crippen molar-refractivity contribution in [2.75, 3.05) is 0 Å². The quantitative estimate of drug-likeness (QED) is 0.656. The van der Waals surface area contributed by atoms with Gasteiger partial charge in [0.2, 0.25) is 0 Å². The summed E-state index contributed by atoms with van der Waals surface area (Å²) in [5.74, 6) is 5.85. The molecule has 0 saturated carbocycles. The standard InChI is InChI=1S/C11H12IN/c1-2-3-8-11(13)9-6-4-5-7-10(9)12/h4-7,11H,8,13H2,1H3. The number of hydrogen-bond acceptors (Lipinski definition) is 1. The largest absolute Gasteiger partial charge is 0.323 e. The van der Waals surface area contributed by atoms with Gasteiger partial charge in [-0.25, -0.2) is 0 Å². The summed E-state index contributed by atoms with van der Waals surface area (Å²) in [6.07, 6.45) is 0.733. The minimum absolute atomic E-state index is 0.0422. The van der Waals surface area contributed by atoms with Crippen LogP contribution in [0.2, 0.25) is 0 Å². The second-order valence-corrected chi connectivity index (χ2v) is 3.92. The Hall–Kier alpha value is -0.530. The molecule has 2 heteroatoms. The highest BCUT2D eigenvalue weighted by molar-refractivity contribution is 14.1. The van der Waals surface area contributed by atoms with Crippen molar-refractivity contribution in [2.24, 2.45) is 5.73 Å². The maximum Gasteiger partial charge on any atom is 0.0416 e. The van der Waals surface area contributed by atoms with Crippen molar-refractivity contribution in [3.63, 3.8) is 0 Å². The monoisotopic (exact) mass is 285 g/mol. The average molecular weight is 285 g/mol. The zero-order chi connectivity index (χ0) is 9.68. The van der Waals surface area contributed by atoms with Gasteiger partial charge in [0.25, 0.3) is 0 Å². The Morgan fingerprint density at radius 3 is 2.77 bits per heavy atom. The van der Waals surface area contributed by atoms with Crippen LogP contribution in [0.25, 0.3) is 0 Å². The zero-order valence-electron chi connectivity index (χ0n) is 7.55. The van der Waals surface area contributed by atoms with Crippen LogP contribution in [0.4, 0.5) is 0 Å². The summed E-state index contributed by atoms with van der Waals surface area (Å²) in [5, 5.41) is 0. The van der Waals surface area contributed by atoms with Crippen molar-refractivity contribution in [2.45, 2.75) is 19.4 Å². The number of hydrogen-bond donors (Lipinski definition) is 1. The van der Waals surface area contributed by atoms with Gasteiger partial charge in [0, 0.05) is 16.0 Å². The van der Waals surface area contributed by atoms with Crippen LogP contribution in [0.1, 0.15) is 24.9 Å². The fourth-order valence-corrected chi connectivity index (χ4v) is 1.89. The summed E-state index contributed by atoms with van der Waals surface area (Å²) in [6, 6.07) is 8.19. The summed E-state index contributed by atoms with van der Waals surface area (Å²) >= 11 is 2.30. The molecule has 1 unspecified atom stereocenters. The molecule has 0 fully saturated rings. The van der Waals surface area contributed by atoms with Gasteiger partial charge in [-0.1, -0.05) is 18.2 Å². The summed E-state index contributed by atoms with van der Waals surface area (Å²) in [7, 11) is 0. The van der Waals surface area contributed by atoms with Gasteiger partial charge >= 0.3 is 0 Å². The number of benzene rings is 1. The lowest BCUT2D eigenvalue weighted by atomic mass is 10.1. The lowest BCUT2D eigenvalue weighted by molar-refractivity contribution is 0.749. The van der Waals surface area contributed by atoms with E-state index in [0.29, 0.717) is 0 Å². The van der Waals surface area contributed by atoms with E-state index in [4.69, 9.17) is 5.73 Å². The third-order valence-corrected chi connectivity index (χ3v) is 2.79. The van der Waals surface area contributed by atoms with Gasteiger partial charge in [-0.15, -0.1) is 11.8 Å². The van der Waals surface area contributed by atoms with Gasteiger partial charge in [-0.3, -0.25) is 0 Å². The number of nitrogens with two attached hydrogens (primary N) is 1. The van der Waals surface area contributed by atoms with E-state index in [1.807, 2.05) is 19.1 Å². The lowest BCUT2D eigenvalue weighted by Crippen LogP contribution is -2.10. The molecule has 0 heterocycles. The van der Waals surface area contributed by atoms with Gasteiger partial charge in [0.05, 0.1) is 0 Å². The minimum Gasteiger partial charge on any atom is -0.323 e. The van der Waals surface area contributed by atoms with Crippen molar-refractivity contribution in [1.29, 1.82) is 0 Å². The second-order valence-electron chi connectivity index (χ2n) is 2.76. The first-order valence-corrected chi connectivity index (χ1v) is 5.23. The van der Waals surface area contributed by atoms with E-state index in [2.05, 4.69) is 46.6 Å². The fraction of sp³-hybridized carbons (Fsp3) is 0.273. The van der Waals surface area contributed by atoms with Gasteiger partial charge in [0.15, 0.2) is 0 Å². The van der Waals surface area contributed by atoms with Crippen molar-refractivity contribution >= 4 is 22.6 Å². The molecule has 1 atom stereocenters. The SMILES string of the molecule is CC#CCC(N)c1ccccc1I. The zero-order valence-corrected chi connectivity index (χ0v) is 9.71. The molecule has 0 aromatic heterocycles. The topological polar surface area (TPSA) is 26.0 Å². The maximum atomic E-state index is 5.97. The molecule has 0 aliphatic rings. The second kappa shape index (κ2) is 5.25. The molecule has 1 rings (SSSR count). The molecule has 0 amide bonds. The van der Waals surface area contributed by atoms with Crippen LogP contribution in [0.5, 0.6) is 0 Å². The van der Waals surface area contributed by atoms with E-state index in [0.717, 1.165) is 6.42 Å². The Labute approximate surface area is 92.9 Å². The van der Waals surface area contributed by atoms with Gasteiger partial charge in [-0.2, -0.15) is 0 Å². The van der Waals surface area contributed by atoms with E-state index >= 15 is 0 Å². The first kappa shape index (κ1) is 10.6. The Balaban J connectivity index is 2.80. The Morgan fingerprint density at radius 1 is 1.46 bits per heavy atom. The molecular weight excluding hydrogens is 273 g/mol. The van der Waals surface area contributed by atoms with E-state index in [1.54, 1.807) is 0 Å². The van der Waals surface area contributed by atoms with Gasteiger partial charge in [0.1, 0.15) is 0 Å². The van der Waals surface area contributed by atoms with Gasteiger partial charge < -0.3 is 5.73 Å². The predicted molar refractivity (Wildman–Crippen MR) is 64.2 cm³/mol. The summed E-state index contributed by atoms with van der Waals surface area (Å²) in [6.45, 7) is 1.84. The highest BCUT2D eigenvalue weighted by atomic mass is 127. The predicted octanol–water partition coefficient (Wildman–Crippen LogP) is 2.70. The van der Waals surface area contributed by atoms with Crippen LogP contribution in [-0.2, 0) is 0 Å². The Bertz CT molecular complexity index is 335. The minimum atomic E-state index is 0.0422. The van der Waals surface area contributed by atoms with Crippen LogP contribution >= 0.6 is 22.6 Å². The van der Waals surface area contributed by atoms with Crippen molar-refractivity contribution < 1.29 is 0 Å². The lowest BCUT2D eigenvalue weighted by Gasteiger charge is -2.09. The molecule has 0 saturated heterocycles. The summed E-state index contributed by atoms with van der Waals surface area (Å²) < 4.78 is 1.21. The Kier molecular flexibility index (Phi) is 4.26. The normalized spacial score (nSPS) is 11.6. The van der Waals surface area contributed by atoms with Crippen LogP contribution in [0.3, 0.4) is 0 Å². The van der Waals surface area contributed by atoms with Crippen molar-refractivity contribution in [1.82, 2.24) is 0 Å². The number of halogens is 1. The van der Waals surface area contributed by atoms with Crippen LogP contribution in [0.15, 0.2) is 24.3 Å². The molecule has 1 aromatic carbocycles. The highest BCUT2D eigenvalue weighted by Gasteiger charge is 2.06. The molecule has 13 heavy (non-hydrogen) atoms. The molecule has 0 aliphatic heterocycles. The molecule has 68 valence electrons. The average Bonchev–Trinajstić information content (AvgIpc) is 2.15. The molecule has 1 nitrogen and oxygen atoms in total. The molecule has 0 spiro atoms. The first-order chi connectivity index (χ1) is 6.25. The smallest absolute Gasteiger partial charge is 0.0416 e. The fourth-order valence-electron chi connectivity index (χ4n) is 1.10. The van der Waals surface area contributed by atoms with Gasteiger partial charge in [-0.05, 0) is 41.1 Å². The van der Waals surface area contributed by atoms with E-state index in [1.165, 1.54) is 9.13 Å². The van der Waals surface area contributed by atoms with Crippen LogP contribution in [0, 0.1) is 15.4 Å². The van der Waals surface area contributed by atoms with Crippen molar-refractivity contribution in [3.05, 3.63) is 33.4 Å². The Morgan fingerprint density at radius 2 is 2.15 bits per heavy atom. The number of rotatable bonds is 2.